The average molecular weight is 266 g/mol. The smallest absolute Gasteiger partial charge is 0.162 e. The van der Waals surface area contributed by atoms with Crippen molar-refractivity contribution in [2.45, 2.75) is 25.4 Å². The summed E-state index contributed by atoms with van der Waals surface area (Å²) in [7, 11) is 3.19. The highest BCUT2D eigenvalue weighted by Crippen LogP contribution is 2.38. The van der Waals surface area contributed by atoms with Gasteiger partial charge in [0, 0.05) is 25.2 Å². The molecule has 0 saturated carbocycles. The molecule has 0 amide bonds. The largest absolute Gasteiger partial charge is 0.493 e. The Hall–Kier alpha value is -1.62. The fourth-order valence-electron chi connectivity index (χ4n) is 2.58. The summed E-state index contributed by atoms with van der Waals surface area (Å²) >= 11 is 0. The van der Waals surface area contributed by atoms with Gasteiger partial charge in [0.25, 0.3) is 0 Å². The molecule has 3 N–H and O–H groups in total. The van der Waals surface area contributed by atoms with Gasteiger partial charge in [-0.3, -0.25) is 0 Å². The summed E-state index contributed by atoms with van der Waals surface area (Å²) in [4.78, 5) is 2.10. The van der Waals surface area contributed by atoms with Gasteiger partial charge in [-0.1, -0.05) is 0 Å². The maximum absolute atomic E-state index is 10.2. The Labute approximate surface area is 113 Å². The first-order valence-corrected chi connectivity index (χ1v) is 6.45. The number of β-amino-alcohol motifs (C(OH)–C–C–N with tert-alkyl or cyclic N) is 1. The summed E-state index contributed by atoms with van der Waals surface area (Å²) in [5.41, 5.74) is 6.93. The molecule has 1 unspecified atom stereocenters. The van der Waals surface area contributed by atoms with E-state index in [9.17, 15) is 5.11 Å². The van der Waals surface area contributed by atoms with Crippen LogP contribution in [0.4, 0.5) is 11.4 Å². The van der Waals surface area contributed by atoms with Crippen molar-refractivity contribution in [2.75, 3.05) is 37.9 Å². The highest BCUT2D eigenvalue weighted by molar-refractivity contribution is 5.73. The molecule has 2 rings (SSSR count). The number of anilines is 2. The second-order valence-electron chi connectivity index (χ2n) is 5.29. The predicted octanol–water partition coefficient (Wildman–Crippen LogP) is 1.64. The summed E-state index contributed by atoms with van der Waals surface area (Å²) in [6.07, 6.45) is 1.76. The van der Waals surface area contributed by atoms with Gasteiger partial charge in [0.15, 0.2) is 11.5 Å². The van der Waals surface area contributed by atoms with Gasteiger partial charge in [-0.15, -0.1) is 0 Å². The van der Waals surface area contributed by atoms with Crippen LogP contribution in [-0.4, -0.2) is 38.0 Å². The molecule has 1 fully saturated rings. The van der Waals surface area contributed by atoms with Crippen molar-refractivity contribution in [2.24, 2.45) is 0 Å². The molecule has 0 bridgehead atoms. The van der Waals surface area contributed by atoms with E-state index in [-0.39, 0.29) is 0 Å². The molecule has 5 heteroatoms. The van der Waals surface area contributed by atoms with Crippen LogP contribution < -0.4 is 20.1 Å². The van der Waals surface area contributed by atoms with Gasteiger partial charge < -0.3 is 25.2 Å². The first-order chi connectivity index (χ1) is 8.96. The second-order valence-corrected chi connectivity index (χ2v) is 5.29. The van der Waals surface area contributed by atoms with Crippen LogP contribution in [0.25, 0.3) is 0 Å². The third-order valence-electron chi connectivity index (χ3n) is 3.55. The van der Waals surface area contributed by atoms with E-state index in [2.05, 4.69) is 4.90 Å². The minimum absolute atomic E-state index is 0.576. The topological polar surface area (TPSA) is 68.0 Å². The van der Waals surface area contributed by atoms with E-state index < -0.39 is 5.60 Å². The molecular formula is C14H22N2O3. The minimum Gasteiger partial charge on any atom is -0.493 e. The molecule has 5 nitrogen and oxygen atoms in total. The third-order valence-corrected chi connectivity index (χ3v) is 3.55. The standard InChI is InChI=1S/C14H22N2O3/c1-14(17)5-4-6-16(9-14)11-8-13(19-3)12(18-2)7-10(11)15/h7-8,17H,4-6,9,15H2,1-3H3. The Kier molecular flexibility index (Phi) is 3.75. The maximum Gasteiger partial charge on any atom is 0.162 e. The van der Waals surface area contributed by atoms with Gasteiger partial charge in [0.2, 0.25) is 0 Å². The van der Waals surface area contributed by atoms with Crippen molar-refractivity contribution in [1.29, 1.82) is 0 Å². The molecule has 0 spiro atoms. The number of ether oxygens (including phenoxy) is 2. The molecule has 0 radical (unpaired) electrons. The van der Waals surface area contributed by atoms with Crippen molar-refractivity contribution in [3.8, 4) is 11.5 Å². The maximum atomic E-state index is 10.2. The molecule has 1 saturated heterocycles. The molecule has 0 aliphatic carbocycles. The van der Waals surface area contributed by atoms with Crippen LogP contribution in [0, 0.1) is 0 Å². The van der Waals surface area contributed by atoms with Crippen LogP contribution >= 0.6 is 0 Å². The quantitative estimate of drug-likeness (QED) is 0.814. The first-order valence-electron chi connectivity index (χ1n) is 6.45. The Morgan fingerprint density at radius 3 is 2.47 bits per heavy atom. The third kappa shape index (κ3) is 2.87. The molecule has 1 aliphatic rings. The van der Waals surface area contributed by atoms with Crippen molar-refractivity contribution in [3.05, 3.63) is 12.1 Å². The average Bonchev–Trinajstić information content (AvgIpc) is 2.37. The lowest BCUT2D eigenvalue weighted by Gasteiger charge is -2.38. The van der Waals surface area contributed by atoms with E-state index >= 15 is 0 Å². The lowest BCUT2D eigenvalue weighted by molar-refractivity contribution is 0.0449. The number of rotatable bonds is 3. The van der Waals surface area contributed by atoms with Gasteiger partial charge in [-0.05, 0) is 19.8 Å². The highest BCUT2D eigenvalue weighted by Gasteiger charge is 2.29. The summed E-state index contributed by atoms with van der Waals surface area (Å²) in [5, 5.41) is 10.2. The van der Waals surface area contributed by atoms with Gasteiger partial charge in [-0.25, -0.2) is 0 Å². The summed E-state index contributed by atoms with van der Waals surface area (Å²) in [6.45, 7) is 3.32. The van der Waals surface area contributed by atoms with Gasteiger partial charge in [0.1, 0.15) is 0 Å². The molecule has 1 aromatic rings. The minimum atomic E-state index is -0.669. The van der Waals surface area contributed by atoms with Crippen molar-refractivity contribution < 1.29 is 14.6 Å². The molecule has 0 aromatic heterocycles. The number of nitrogens with zero attached hydrogens (tertiary/aromatic N) is 1. The summed E-state index contributed by atoms with van der Waals surface area (Å²) in [6, 6.07) is 3.63. The molecule has 1 heterocycles. The number of nitrogen functional groups attached to an aromatic ring is 1. The second kappa shape index (κ2) is 5.17. The molecule has 1 aromatic carbocycles. The molecule has 106 valence electrons. The van der Waals surface area contributed by atoms with Gasteiger partial charge >= 0.3 is 0 Å². The number of hydrogen-bond acceptors (Lipinski definition) is 5. The SMILES string of the molecule is COc1cc(N)c(N2CCCC(C)(O)C2)cc1OC. The summed E-state index contributed by atoms with van der Waals surface area (Å²) in [5.74, 6) is 1.27. The van der Waals surface area contributed by atoms with Gasteiger partial charge in [-0.2, -0.15) is 0 Å². The normalized spacial score (nSPS) is 23.3. The van der Waals surface area contributed by atoms with Crippen LogP contribution in [0.15, 0.2) is 12.1 Å². The number of nitrogens with two attached hydrogens (primary N) is 1. The van der Waals surface area contributed by atoms with E-state index in [4.69, 9.17) is 15.2 Å². The van der Waals surface area contributed by atoms with Crippen LogP contribution in [0.3, 0.4) is 0 Å². The number of piperidine rings is 1. The van der Waals surface area contributed by atoms with E-state index in [0.29, 0.717) is 23.7 Å². The first kappa shape index (κ1) is 13.8. The molecule has 19 heavy (non-hydrogen) atoms. The lowest BCUT2D eigenvalue weighted by atomic mass is 9.94. The number of benzene rings is 1. The van der Waals surface area contributed by atoms with Gasteiger partial charge in [0.05, 0.1) is 31.2 Å². The van der Waals surface area contributed by atoms with E-state index in [1.165, 1.54) is 0 Å². The Balaban J connectivity index is 2.34. The monoisotopic (exact) mass is 266 g/mol. The van der Waals surface area contributed by atoms with Crippen LogP contribution in [0.1, 0.15) is 19.8 Å². The van der Waals surface area contributed by atoms with Crippen molar-refractivity contribution in [1.82, 2.24) is 0 Å². The summed E-state index contributed by atoms with van der Waals surface area (Å²) < 4.78 is 10.5. The number of aliphatic hydroxyl groups is 1. The van der Waals surface area contributed by atoms with E-state index in [1.54, 1.807) is 20.3 Å². The zero-order chi connectivity index (χ0) is 14.0. The lowest BCUT2D eigenvalue weighted by Crippen LogP contribution is -2.46. The zero-order valence-corrected chi connectivity index (χ0v) is 11.8. The van der Waals surface area contributed by atoms with E-state index in [1.807, 2.05) is 13.0 Å². The Morgan fingerprint density at radius 2 is 1.89 bits per heavy atom. The fraction of sp³-hybridized carbons (Fsp3) is 0.571. The number of hydrogen-bond donors (Lipinski definition) is 2. The zero-order valence-electron chi connectivity index (χ0n) is 11.8. The highest BCUT2D eigenvalue weighted by atomic mass is 16.5. The number of methoxy groups -OCH3 is 2. The molecule has 1 atom stereocenters. The molecular weight excluding hydrogens is 244 g/mol. The Bertz CT molecular complexity index is 460. The van der Waals surface area contributed by atoms with Crippen molar-refractivity contribution >= 4 is 11.4 Å². The van der Waals surface area contributed by atoms with Crippen LogP contribution in [0.5, 0.6) is 11.5 Å². The molecule has 1 aliphatic heterocycles. The predicted molar refractivity (Wildman–Crippen MR) is 76.0 cm³/mol. The Morgan fingerprint density at radius 1 is 1.26 bits per heavy atom. The van der Waals surface area contributed by atoms with Crippen molar-refractivity contribution in [3.63, 3.8) is 0 Å². The van der Waals surface area contributed by atoms with Crippen LogP contribution in [0.2, 0.25) is 0 Å². The fourth-order valence-corrected chi connectivity index (χ4v) is 2.58. The van der Waals surface area contributed by atoms with Crippen LogP contribution in [-0.2, 0) is 0 Å². The van der Waals surface area contributed by atoms with E-state index in [0.717, 1.165) is 25.1 Å².